The summed E-state index contributed by atoms with van der Waals surface area (Å²) in [6.07, 6.45) is 0. The van der Waals surface area contributed by atoms with Crippen LogP contribution in [-0.2, 0) is 11.3 Å². The summed E-state index contributed by atoms with van der Waals surface area (Å²) in [7, 11) is 3.31. The fraction of sp³-hybridized carbons (Fsp3) is 0.381. The van der Waals surface area contributed by atoms with Crippen molar-refractivity contribution in [3.63, 3.8) is 0 Å². The molecule has 1 saturated heterocycles. The average Bonchev–Trinajstić information content (AvgIpc) is 2.63. The maximum absolute atomic E-state index is 12.9. The minimum Gasteiger partial charge on any atom is -0.496 e. The van der Waals surface area contributed by atoms with E-state index < -0.39 is 0 Å². The number of rotatable bonds is 5. The van der Waals surface area contributed by atoms with Crippen molar-refractivity contribution in [3.8, 4) is 11.5 Å². The number of ether oxygens (including phenoxy) is 2. The zero-order valence-corrected chi connectivity index (χ0v) is 15.9. The number of anilines is 1. The highest BCUT2D eigenvalue weighted by Gasteiger charge is 2.32. The summed E-state index contributed by atoms with van der Waals surface area (Å²) in [6, 6.07) is 13.9. The molecule has 5 nitrogen and oxygen atoms in total. The lowest BCUT2D eigenvalue weighted by Crippen LogP contribution is -2.55. The molecule has 26 heavy (non-hydrogen) atoms. The standard InChI is InChI=1S/C21H26N2O3/c1-15-8-5-6-9-18(15)23-16(2)12-22(14-21(23)24)13-17-19(25-3)10-7-11-20(17)26-4/h5-11,16H,12-14H2,1-4H3/t16-/m1/s1. The van der Waals surface area contributed by atoms with Crippen LogP contribution in [-0.4, -0.2) is 44.2 Å². The second-order valence-corrected chi connectivity index (χ2v) is 6.71. The number of amides is 1. The largest absolute Gasteiger partial charge is 0.496 e. The van der Waals surface area contributed by atoms with Gasteiger partial charge in [-0.3, -0.25) is 9.69 Å². The summed E-state index contributed by atoms with van der Waals surface area (Å²) in [5.41, 5.74) is 3.09. The highest BCUT2D eigenvalue weighted by molar-refractivity contribution is 5.96. The van der Waals surface area contributed by atoms with Crippen molar-refractivity contribution in [2.45, 2.75) is 26.4 Å². The summed E-state index contributed by atoms with van der Waals surface area (Å²) in [5.74, 6) is 1.68. The van der Waals surface area contributed by atoms with Crippen molar-refractivity contribution in [3.05, 3.63) is 53.6 Å². The molecule has 0 bridgehead atoms. The summed E-state index contributed by atoms with van der Waals surface area (Å²) in [4.78, 5) is 17.0. The predicted molar refractivity (Wildman–Crippen MR) is 103 cm³/mol. The molecule has 1 fully saturated rings. The van der Waals surface area contributed by atoms with Gasteiger partial charge in [-0.25, -0.2) is 0 Å². The van der Waals surface area contributed by atoms with Crippen LogP contribution in [0.4, 0.5) is 5.69 Å². The smallest absolute Gasteiger partial charge is 0.241 e. The van der Waals surface area contributed by atoms with Crippen molar-refractivity contribution in [1.82, 2.24) is 4.90 Å². The van der Waals surface area contributed by atoms with Gasteiger partial charge in [-0.2, -0.15) is 0 Å². The number of methoxy groups -OCH3 is 2. The predicted octanol–water partition coefficient (Wildman–Crippen LogP) is 3.25. The van der Waals surface area contributed by atoms with Crippen LogP contribution in [0.1, 0.15) is 18.1 Å². The van der Waals surface area contributed by atoms with E-state index in [0.29, 0.717) is 13.1 Å². The highest BCUT2D eigenvalue weighted by atomic mass is 16.5. The Morgan fingerprint density at radius 1 is 1.04 bits per heavy atom. The first-order valence-electron chi connectivity index (χ1n) is 8.85. The van der Waals surface area contributed by atoms with Gasteiger partial charge >= 0.3 is 0 Å². The lowest BCUT2D eigenvalue weighted by atomic mass is 10.1. The van der Waals surface area contributed by atoms with E-state index in [2.05, 4.69) is 11.8 Å². The first-order chi connectivity index (χ1) is 12.5. The van der Waals surface area contributed by atoms with Crippen LogP contribution in [0.2, 0.25) is 0 Å². The minimum absolute atomic E-state index is 0.0954. The van der Waals surface area contributed by atoms with Gasteiger partial charge in [0, 0.05) is 24.8 Å². The van der Waals surface area contributed by atoms with E-state index >= 15 is 0 Å². The third-order valence-corrected chi connectivity index (χ3v) is 4.88. The molecule has 0 aliphatic carbocycles. The zero-order chi connectivity index (χ0) is 18.7. The van der Waals surface area contributed by atoms with Crippen molar-refractivity contribution < 1.29 is 14.3 Å². The zero-order valence-electron chi connectivity index (χ0n) is 15.9. The van der Waals surface area contributed by atoms with Crippen LogP contribution in [0.3, 0.4) is 0 Å². The van der Waals surface area contributed by atoms with Gasteiger partial charge in [-0.1, -0.05) is 24.3 Å². The lowest BCUT2D eigenvalue weighted by molar-refractivity contribution is -0.122. The van der Waals surface area contributed by atoms with Crippen molar-refractivity contribution in [2.75, 3.05) is 32.2 Å². The van der Waals surface area contributed by atoms with Gasteiger partial charge in [-0.15, -0.1) is 0 Å². The normalized spacial score (nSPS) is 18.1. The Labute approximate surface area is 155 Å². The number of carbonyl (C=O) groups excluding carboxylic acids is 1. The van der Waals surface area contributed by atoms with Gasteiger partial charge in [0.25, 0.3) is 0 Å². The maximum atomic E-state index is 12.9. The Morgan fingerprint density at radius 2 is 1.69 bits per heavy atom. The number of piperazine rings is 1. The Hall–Kier alpha value is -2.53. The van der Waals surface area contributed by atoms with Crippen molar-refractivity contribution >= 4 is 11.6 Å². The molecule has 0 radical (unpaired) electrons. The third-order valence-electron chi connectivity index (χ3n) is 4.88. The maximum Gasteiger partial charge on any atom is 0.241 e. The number of hydrogen-bond acceptors (Lipinski definition) is 4. The van der Waals surface area contributed by atoms with E-state index in [4.69, 9.17) is 9.47 Å². The van der Waals surface area contributed by atoms with Crippen LogP contribution in [0.15, 0.2) is 42.5 Å². The molecule has 5 heteroatoms. The third kappa shape index (κ3) is 3.53. The van der Waals surface area contributed by atoms with E-state index in [-0.39, 0.29) is 11.9 Å². The van der Waals surface area contributed by atoms with E-state index in [0.717, 1.165) is 34.9 Å². The molecule has 0 N–H and O–H groups in total. The number of carbonyl (C=O) groups is 1. The Morgan fingerprint density at radius 3 is 2.27 bits per heavy atom. The van der Waals surface area contributed by atoms with Gasteiger partial charge in [0.1, 0.15) is 11.5 Å². The van der Waals surface area contributed by atoms with Gasteiger partial charge in [0.15, 0.2) is 0 Å². The molecule has 138 valence electrons. The van der Waals surface area contributed by atoms with E-state index in [9.17, 15) is 4.79 Å². The van der Waals surface area contributed by atoms with Crippen molar-refractivity contribution in [2.24, 2.45) is 0 Å². The van der Waals surface area contributed by atoms with Crippen LogP contribution in [0, 0.1) is 6.92 Å². The molecule has 0 spiro atoms. The van der Waals surface area contributed by atoms with Gasteiger partial charge in [-0.05, 0) is 37.6 Å². The summed E-state index contributed by atoms with van der Waals surface area (Å²) >= 11 is 0. The number of aryl methyl sites for hydroxylation is 1. The molecule has 2 aromatic rings. The van der Waals surface area contributed by atoms with Gasteiger partial charge in [0.2, 0.25) is 5.91 Å². The molecule has 2 aromatic carbocycles. The Balaban J connectivity index is 1.81. The SMILES string of the molecule is COc1cccc(OC)c1CN1CC(=O)N(c2ccccc2C)[C@H](C)C1. The van der Waals surface area contributed by atoms with Crippen molar-refractivity contribution in [1.29, 1.82) is 0 Å². The number of nitrogens with zero attached hydrogens (tertiary/aromatic N) is 2. The fourth-order valence-electron chi connectivity index (χ4n) is 3.67. The molecule has 1 atom stereocenters. The second-order valence-electron chi connectivity index (χ2n) is 6.71. The summed E-state index contributed by atoms with van der Waals surface area (Å²) < 4.78 is 11.0. The Bertz CT molecular complexity index is 768. The molecule has 3 rings (SSSR count). The Kier molecular flexibility index (Phi) is 5.47. The van der Waals surface area contributed by atoms with Crippen LogP contribution in [0.25, 0.3) is 0 Å². The number of benzene rings is 2. The topological polar surface area (TPSA) is 42.0 Å². The lowest BCUT2D eigenvalue weighted by Gasteiger charge is -2.40. The van der Waals surface area contributed by atoms with Gasteiger partial charge < -0.3 is 14.4 Å². The van der Waals surface area contributed by atoms with E-state index in [1.54, 1.807) is 14.2 Å². The molecular weight excluding hydrogens is 328 g/mol. The molecule has 1 aliphatic rings. The van der Waals surface area contributed by atoms with E-state index in [1.807, 2.05) is 54.3 Å². The first kappa shape index (κ1) is 18.3. The van der Waals surface area contributed by atoms with E-state index in [1.165, 1.54) is 0 Å². The molecule has 0 unspecified atom stereocenters. The average molecular weight is 354 g/mol. The number of hydrogen-bond donors (Lipinski definition) is 0. The molecule has 1 amide bonds. The summed E-state index contributed by atoms with van der Waals surface area (Å²) in [6.45, 7) is 5.92. The molecule has 0 saturated carbocycles. The van der Waals surface area contributed by atoms with Gasteiger partial charge in [0.05, 0.1) is 26.3 Å². The molecular formula is C21H26N2O3. The minimum atomic E-state index is 0.0954. The molecule has 1 heterocycles. The number of para-hydroxylation sites is 1. The molecule has 1 aliphatic heterocycles. The fourth-order valence-corrected chi connectivity index (χ4v) is 3.67. The van der Waals surface area contributed by atoms with Crippen LogP contribution >= 0.6 is 0 Å². The molecule has 0 aromatic heterocycles. The van der Waals surface area contributed by atoms with Crippen LogP contribution < -0.4 is 14.4 Å². The first-order valence-corrected chi connectivity index (χ1v) is 8.85. The van der Waals surface area contributed by atoms with Crippen LogP contribution in [0.5, 0.6) is 11.5 Å². The monoisotopic (exact) mass is 354 g/mol. The highest BCUT2D eigenvalue weighted by Crippen LogP contribution is 2.31. The second kappa shape index (κ2) is 7.79. The summed E-state index contributed by atoms with van der Waals surface area (Å²) in [5, 5.41) is 0. The quantitative estimate of drug-likeness (QED) is 0.827.